The molecule has 102 valence electrons. The lowest BCUT2D eigenvalue weighted by Gasteiger charge is -2.09. The molecule has 2 rings (SSSR count). The fourth-order valence-corrected chi connectivity index (χ4v) is 2.13. The maximum atomic E-state index is 11.8. The molecule has 0 aliphatic carbocycles. The predicted octanol–water partition coefficient (Wildman–Crippen LogP) is 2.54. The Morgan fingerprint density at radius 1 is 1.47 bits per heavy atom. The Morgan fingerprint density at radius 3 is 3.00 bits per heavy atom. The molecule has 1 aliphatic heterocycles. The van der Waals surface area contributed by atoms with Gasteiger partial charge in [0.05, 0.1) is 17.4 Å². The van der Waals surface area contributed by atoms with Gasteiger partial charge < -0.3 is 5.43 Å². The van der Waals surface area contributed by atoms with Crippen LogP contribution in [0.25, 0.3) is 0 Å². The smallest absolute Gasteiger partial charge is 0.135 e. The van der Waals surface area contributed by atoms with Gasteiger partial charge in [0.2, 0.25) is 0 Å². The third kappa shape index (κ3) is 4.16. The van der Waals surface area contributed by atoms with Crippen molar-refractivity contribution >= 4 is 11.5 Å². The lowest BCUT2D eigenvalue weighted by Crippen LogP contribution is -2.23. The number of pyridine rings is 1. The lowest BCUT2D eigenvalue weighted by molar-refractivity contribution is -0.119. The van der Waals surface area contributed by atoms with E-state index in [1.807, 2.05) is 18.2 Å². The monoisotopic (exact) mass is 259 g/mol. The fraction of sp³-hybridized carbons (Fsp3) is 0.533. The van der Waals surface area contributed by atoms with Crippen molar-refractivity contribution in [3.63, 3.8) is 0 Å². The van der Waals surface area contributed by atoms with Gasteiger partial charge in [-0.25, -0.2) is 0 Å². The van der Waals surface area contributed by atoms with Crippen molar-refractivity contribution in [3.05, 3.63) is 30.1 Å². The normalized spacial score (nSPS) is 18.3. The highest BCUT2D eigenvalue weighted by Crippen LogP contribution is 2.14. The summed E-state index contributed by atoms with van der Waals surface area (Å²) in [6.07, 6.45) is 4.75. The number of hydrogen-bond acceptors (Lipinski definition) is 4. The molecule has 0 aromatic carbocycles. The number of carbonyl (C=O) groups is 1. The van der Waals surface area contributed by atoms with E-state index in [4.69, 9.17) is 0 Å². The first-order chi connectivity index (χ1) is 9.15. The quantitative estimate of drug-likeness (QED) is 0.854. The zero-order valence-electron chi connectivity index (χ0n) is 11.6. The molecule has 0 fully saturated rings. The van der Waals surface area contributed by atoms with Crippen LogP contribution >= 0.6 is 0 Å². The maximum absolute atomic E-state index is 11.8. The molecule has 4 nitrogen and oxygen atoms in total. The van der Waals surface area contributed by atoms with E-state index < -0.39 is 0 Å². The van der Waals surface area contributed by atoms with Crippen molar-refractivity contribution in [2.24, 2.45) is 11.0 Å². The first-order valence-electron chi connectivity index (χ1n) is 6.90. The average molecular weight is 259 g/mol. The van der Waals surface area contributed by atoms with Gasteiger partial charge in [0, 0.05) is 25.5 Å². The van der Waals surface area contributed by atoms with Gasteiger partial charge in [0.25, 0.3) is 0 Å². The van der Waals surface area contributed by atoms with Gasteiger partial charge in [-0.2, -0.15) is 5.10 Å². The number of nitrogens with one attached hydrogen (secondary N) is 1. The van der Waals surface area contributed by atoms with Gasteiger partial charge >= 0.3 is 0 Å². The molecule has 1 unspecified atom stereocenters. The van der Waals surface area contributed by atoms with Gasteiger partial charge in [-0.3, -0.25) is 9.78 Å². The Morgan fingerprint density at radius 2 is 2.32 bits per heavy atom. The van der Waals surface area contributed by atoms with E-state index in [9.17, 15) is 4.79 Å². The zero-order valence-corrected chi connectivity index (χ0v) is 11.6. The van der Waals surface area contributed by atoms with Crippen molar-refractivity contribution in [2.75, 3.05) is 0 Å². The van der Waals surface area contributed by atoms with Gasteiger partial charge in [-0.1, -0.05) is 19.9 Å². The second kappa shape index (κ2) is 6.45. The van der Waals surface area contributed by atoms with Gasteiger partial charge in [-0.05, 0) is 24.5 Å². The van der Waals surface area contributed by atoms with Gasteiger partial charge in [-0.15, -0.1) is 0 Å². The van der Waals surface area contributed by atoms with E-state index in [0.717, 1.165) is 24.2 Å². The number of aromatic nitrogens is 1. The van der Waals surface area contributed by atoms with Crippen molar-refractivity contribution in [3.8, 4) is 0 Å². The molecule has 1 atom stereocenters. The number of nitrogens with zero attached hydrogens (tertiary/aromatic N) is 2. The van der Waals surface area contributed by atoms with Crippen molar-refractivity contribution < 1.29 is 4.79 Å². The first kappa shape index (κ1) is 13.7. The summed E-state index contributed by atoms with van der Waals surface area (Å²) in [6.45, 7) is 4.28. The summed E-state index contributed by atoms with van der Waals surface area (Å²) in [5.74, 6) is 0.907. The van der Waals surface area contributed by atoms with Crippen LogP contribution in [0.15, 0.2) is 29.5 Å². The van der Waals surface area contributed by atoms with Crippen molar-refractivity contribution in [1.82, 2.24) is 10.4 Å². The van der Waals surface area contributed by atoms with Gasteiger partial charge in [0.15, 0.2) is 0 Å². The van der Waals surface area contributed by atoms with E-state index in [2.05, 4.69) is 29.4 Å². The number of hydrazone groups is 1. The molecule has 2 heterocycles. The summed E-state index contributed by atoms with van der Waals surface area (Å²) < 4.78 is 0. The topological polar surface area (TPSA) is 54.4 Å². The molecule has 0 bridgehead atoms. The van der Waals surface area contributed by atoms with E-state index in [-0.39, 0.29) is 6.04 Å². The molecule has 0 saturated carbocycles. The molecular weight excluding hydrogens is 238 g/mol. The zero-order chi connectivity index (χ0) is 13.7. The fourth-order valence-electron chi connectivity index (χ4n) is 2.13. The van der Waals surface area contributed by atoms with Crippen LogP contribution in [0.5, 0.6) is 0 Å². The summed E-state index contributed by atoms with van der Waals surface area (Å²) in [5, 5.41) is 4.29. The molecule has 0 amide bonds. The highest BCUT2D eigenvalue weighted by Gasteiger charge is 2.22. The summed E-state index contributed by atoms with van der Waals surface area (Å²) in [7, 11) is 0. The van der Waals surface area contributed by atoms with Crippen LogP contribution < -0.4 is 5.43 Å². The molecular formula is C15H21N3O. The lowest BCUT2D eigenvalue weighted by atomic mass is 9.99. The average Bonchev–Trinajstić information content (AvgIpc) is 2.86. The standard InChI is InChI=1S/C15H21N3O/c1-11(2)6-7-13(19)9-12-10-15(18-17-12)14-5-3-4-8-16-14/h3-5,8,11-12,17H,6-7,9-10H2,1-2H3. The second-order valence-electron chi connectivity index (χ2n) is 5.48. The summed E-state index contributed by atoms with van der Waals surface area (Å²) in [4.78, 5) is 16.1. The highest BCUT2D eigenvalue weighted by molar-refractivity contribution is 6.00. The molecule has 0 saturated heterocycles. The molecule has 19 heavy (non-hydrogen) atoms. The van der Waals surface area contributed by atoms with E-state index in [1.165, 1.54) is 0 Å². The Labute approximate surface area is 114 Å². The van der Waals surface area contributed by atoms with Crippen LogP contribution in [0.4, 0.5) is 0 Å². The summed E-state index contributed by atoms with van der Waals surface area (Å²) in [6, 6.07) is 5.92. The Kier molecular flexibility index (Phi) is 4.66. The van der Waals surface area contributed by atoms with Crippen molar-refractivity contribution in [1.29, 1.82) is 0 Å². The number of carbonyl (C=O) groups excluding carboxylic acids is 1. The minimum absolute atomic E-state index is 0.136. The summed E-state index contributed by atoms with van der Waals surface area (Å²) in [5.41, 5.74) is 4.89. The predicted molar refractivity (Wildman–Crippen MR) is 76.0 cm³/mol. The first-order valence-corrected chi connectivity index (χ1v) is 6.90. The Balaban J connectivity index is 1.80. The number of ketones is 1. The molecule has 1 aromatic rings. The second-order valence-corrected chi connectivity index (χ2v) is 5.48. The number of rotatable bonds is 6. The van der Waals surface area contributed by atoms with Crippen molar-refractivity contribution in [2.45, 2.75) is 45.6 Å². The number of hydrogen-bond donors (Lipinski definition) is 1. The highest BCUT2D eigenvalue weighted by atomic mass is 16.1. The van der Waals surface area contributed by atoms with Crippen LogP contribution in [-0.2, 0) is 4.79 Å². The minimum atomic E-state index is 0.136. The van der Waals surface area contributed by atoms with Crippen LogP contribution in [0.3, 0.4) is 0 Å². The van der Waals surface area contributed by atoms with E-state index in [0.29, 0.717) is 24.5 Å². The van der Waals surface area contributed by atoms with E-state index >= 15 is 0 Å². The summed E-state index contributed by atoms with van der Waals surface area (Å²) >= 11 is 0. The van der Waals surface area contributed by atoms with Crippen LogP contribution in [0, 0.1) is 5.92 Å². The van der Waals surface area contributed by atoms with E-state index in [1.54, 1.807) is 6.20 Å². The molecule has 4 heteroatoms. The Hall–Kier alpha value is -1.71. The molecule has 1 aliphatic rings. The van der Waals surface area contributed by atoms with Gasteiger partial charge in [0.1, 0.15) is 5.78 Å². The van der Waals surface area contributed by atoms with Crippen LogP contribution in [-0.4, -0.2) is 22.5 Å². The largest absolute Gasteiger partial charge is 0.306 e. The molecule has 0 spiro atoms. The third-order valence-electron chi connectivity index (χ3n) is 3.26. The third-order valence-corrected chi connectivity index (χ3v) is 3.26. The SMILES string of the molecule is CC(C)CCC(=O)CC1CC(c2ccccn2)=NN1. The minimum Gasteiger partial charge on any atom is -0.306 e. The molecule has 1 aromatic heterocycles. The molecule has 0 radical (unpaired) electrons. The maximum Gasteiger partial charge on any atom is 0.135 e. The Bertz CT molecular complexity index is 454. The van der Waals surface area contributed by atoms with Crippen LogP contribution in [0.2, 0.25) is 0 Å². The molecule has 1 N–H and O–H groups in total. The number of Topliss-reactive ketones (excluding diaryl/α,β-unsaturated/α-hetero) is 1. The van der Waals surface area contributed by atoms with Crippen LogP contribution in [0.1, 0.15) is 45.2 Å².